The first kappa shape index (κ1) is 33.7. The third kappa shape index (κ3) is 8.86. The van der Waals surface area contributed by atoms with Crippen LogP contribution in [0.1, 0.15) is 40.2 Å². The summed E-state index contributed by atoms with van der Waals surface area (Å²) in [6, 6.07) is 16.5. The number of benzene rings is 3. The molecule has 0 bridgehead atoms. The summed E-state index contributed by atoms with van der Waals surface area (Å²) in [5.41, 5.74) is 0.329. The summed E-state index contributed by atoms with van der Waals surface area (Å²) in [4.78, 5) is 28.6. The lowest BCUT2D eigenvalue weighted by Gasteiger charge is -2.33. The van der Waals surface area contributed by atoms with Gasteiger partial charge in [-0.3, -0.25) is 13.9 Å². The molecule has 0 saturated heterocycles. The Morgan fingerprint density at radius 2 is 1.60 bits per heavy atom. The van der Waals surface area contributed by atoms with Crippen LogP contribution >= 0.6 is 39.1 Å². The maximum Gasteiger partial charge on any atom is 0.264 e. The second-order valence-electron chi connectivity index (χ2n) is 10.6. The number of amides is 2. The number of halogens is 3. The predicted molar refractivity (Wildman–Crippen MR) is 171 cm³/mol. The third-order valence-electron chi connectivity index (χ3n) is 6.12. The van der Waals surface area contributed by atoms with Gasteiger partial charge >= 0.3 is 0 Å². The van der Waals surface area contributed by atoms with Crippen LogP contribution in [0.25, 0.3) is 0 Å². The van der Waals surface area contributed by atoms with Gasteiger partial charge < -0.3 is 15.0 Å². The van der Waals surface area contributed by atoms with Crippen LogP contribution in [-0.4, -0.2) is 49.9 Å². The molecule has 0 aliphatic rings. The van der Waals surface area contributed by atoms with E-state index >= 15 is 0 Å². The highest BCUT2D eigenvalue weighted by Crippen LogP contribution is 2.28. The fourth-order valence-corrected chi connectivity index (χ4v) is 6.03. The van der Waals surface area contributed by atoms with Crippen molar-refractivity contribution < 1.29 is 22.7 Å². The van der Waals surface area contributed by atoms with Gasteiger partial charge in [0.1, 0.15) is 18.3 Å². The number of anilines is 1. The van der Waals surface area contributed by atoms with Crippen LogP contribution in [-0.2, 0) is 26.2 Å². The smallest absolute Gasteiger partial charge is 0.264 e. The Balaban J connectivity index is 2.05. The lowest BCUT2D eigenvalue weighted by Crippen LogP contribution is -2.54. The van der Waals surface area contributed by atoms with E-state index in [9.17, 15) is 18.0 Å². The number of nitrogens with zero attached hydrogens (tertiary/aromatic N) is 2. The molecule has 1 atom stereocenters. The third-order valence-corrected chi connectivity index (χ3v) is 9.17. The molecule has 3 aromatic rings. The first-order chi connectivity index (χ1) is 19.6. The van der Waals surface area contributed by atoms with Gasteiger partial charge in [-0.15, -0.1) is 0 Å². The maximum atomic E-state index is 14.0. The Kier molecular flexibility index (Phi) is 11.3. The minimum Gasteiger partial charge on any atom is -0.494 e. The van der Waals surface area contributed by atoms with E-state index in [2.05, 4.69) is 21.2 Å². The van der Waals surface area contributed by atoms with Crippen molar-refractivity contribution in [2.45, 2.75) is 57.6 Å². The lowest BCUT2D eigenvalue weighted by molar-refractivity contribution is -0.140. The van der Waals surface area contributed by atoms with Gasteiger partial charge in [0.15, 0.2) is 0 Å². The molecule has 0 aliphatic carbocycles. The van der Waals surface area contributed by atoms with E-state index in [1.165, 1.54) is 17.0 Å². The lowest BCUT2D eigenvalue weighted by atomic mass is 10.1. The van der Waals surface area contributed by atoms with Crippen molar-refractivity contribution in [1.29, 1.82) is 0 Å². The highest BCUT2D eigenvalue weighted by atomic mass is 79.9. The molecule has 12 heteroatoms. The minimum absolute atomic E-state index is 0.00180. The predicted octanol–water partition coefficient (Wildman–Crippen LogP) is 6.68. The highest BCUT2D eigenvalue weighted by molar-refractivity contribution is 9.10. The molecule has 0 fully saturated rings. The van der Waals surface area contributed by atoms with E-state index in [0.29, 0.717) is 32.4 Å². The zero-order chi connectivity index (χ0) is 31.2. The molecule has 3 rings (SSSR count). The van der Waals surface area contributed by atoms with Crippen molar-refractivity contribution in [1.82, 2.24) is 10.2 Å². The molecule has 0 radical (unpaired) electrons. The van der Waals surface area contributed by atoms with Crippen LogP contribution in [0.3, 0.4) is 0 Å². The number of carbonyl (C=O) groups is 2. The fraction of sp³-hybridized carbons (Fsp3) is 0.333. The molecule has 42 heavy (non-hydrogen) atoms. The number of ether oxygens (including phenoxy) is 1. The average molecular weight is 699 g/mol. The van der Waals surface area contributed by atoms with E-state index < -0.39 is 34.1 Å². The van der Waals surface area contributed by atoms with Gasteiger partial charge in [0, 0.05) is 16.6 Å². The SMILES string of the molecule is CCOc1ccc(N(CC(=O)N(Cc2ccc(Cl)c(Cl)c2)[C@H](C)C(=O)NC(C)(C)C)S(=O)(=O)c2ccc(Br)cc2)cc1. The van der Waals surface area contributed by atoms with Crippen molar-refractivity contribution in [2.75, 3.05) is 17.5 Å². The number of hydrogen-bond donors (Lipinski definition) is 1. The Morgan fingerprint density at radius 3 is 2.14 bits per heavy atom. The van der Waals surface area contributed by atoms with Crippen molar-refractivity contribution in [3.05, 3.63) is 86.8 Å². The van der Waals surface area contributed by atoms with E-state index in [1.54, 1.807) is 61.5 Å². The van der Waals surface area contributed by atoms with Crippen molar-refractivity contribution in [3.8, 4) is 5.75 Å². The Bertz CT molecular complexity index is 1510. The van der Waals surface area contributed by atoms with Crippen LogP contribution < -0.4 is 14.4 Å². The number of sulfonamides is 1. The molecule has 2 amide bonds. The van der Waals surface area contributed by atoms with Crippen molar-refractivity contribution in [2.24, 2.45) is 0 Å². The van der Waals surface area contributed by atoms with Gasteiger partial charge in [0.25, 0.3) is 10.0 Å². The molecular formula is C30H34BrCl2N3O5S. The fourth-order valence-electron chi connectivity index (χ4n) is 4.03. The monoisotopic (exact) mass is 697 g/mol. The molecule has 0 spiro atoms. The summed E-state index contributed by atoms with van der Waals surface area (Å²) in [6.45, 7) is 8.81. The molecule has 0 saturated carbocycles. The molecule has 0 aromatic heterocycles. The summed E-state index contributed by atoms with van der Waals surface area (Å²) in [6.07, 6.45) is 0. The van der Waals surface area contributed by atoms with Crippen LogP contribution in [0, 0.1) is 0 Å². The summed E-state index contributed by atoms with van der Waals surface area (Å²) >= 11 is 15.6. The van der Waals surface area contributed by atoms with Crippen molar-refractivity contribution >= 4 is 66.7 Å². The molecule has 0 aliphatic heterocycles. The van der Waals surface area contributed by atoms with E-state index in [4.69, 9.17) is 27.9 Å². The van der Waals surface area contributed by atoms with E-state index in [1.807, 2.05) is 27.7 Å². The van der Waals surface area contributed by atoms with Gasteiger partial charge in [0.05, 0.1) is 27.2 Å². The molecule has 226 valence electrons. The summed E-state index contributed by atoms with van der Waals surface area (Å²) in [5, 5.41) is 3.53. The zero-order valence-electron chi connectivity index (χ0n) is 24.0. The first-order valence-corrected chi connectivity index (χ1v) is 16.2. The second kappa shape index (κ2) is 14.1. The molecule has 3 aromatic carbocycles. The molecule has 1 N–H and O–H groups in total. The number of carbonyl (C=O) groups excluding carboxylic acids is 2. The molecular weight excluding hydrogens is 665 g/mol. The number of hydrogen-bond acceptors (Lipinski definition) is 5. The first-order valence-electron chi connectivity index (χ1n) is 13.2. The van der Waals surface area contributed by atoms with Gasteiger partial charge in [-0.1, -0.05) is 45.2 Å². The molecule has 8 nitrogen and oxygen atoms in total. The largest absolute Gasteiger partial charge is 0.494 e. The van der Waals surface area contributed by atoms with Crippen molar-refractivity contribution in [3.63, 3.8) is 0 Å². The van der Waals surface area contributed by atoms with Crippen LogP contribution in [0.15, 0.2) is 76.1 Å². The quantitative estimate of drug-likeness (QED) is 0.241. The van der Waals surface area contributed by atoms with E-state index in [0.717, 1.165) is 4.31 Å². The normalized spacial score (nSPS) is 12.4. The Morgan fingerprint density at radius 1 is 0.976 bits per heavy atom. The van der Waals surface area contributed by atoms with Crippen LogP contribution in [0.2, 0.25) is 10.0 Å². The van der Waals surface area contributed by atoms with Gasteiger partial charge in [-0.2, -0.15) is 0 Å². The van der Waals surface area contributed by atoms with Gasteiger partial charge in [-0.25, -0.2) is 8.42 Å². The molecule has 0 heterocycles. The average Bonchev–Trinajstić information content (AvgIpc) is 2.91. The Hall–Kier alpha value is -2.79. The summed E-state index contributed by atoms with van der Waals surface area (Å²) < 4.78 is 35.1. The Labute approximate surface area is 266 Å². The van der Waals surface area contributed by atoms with Crippen LogP contribution in [0.4, 0.5) is 5.69 Å². The van der Waals surface area contributed by atoms with Gasteiger partial charge in [0.2, 0.25) is 11.8 Å². The van der Waals surface area contributed by atoms with Gasteiger partial charge in [-0.05, 0) is 101 Å². The standard InChI is InChI=1S/C30H34BrCl2N3O5S/c1-6-41-24-12-10-23(11-13-24)36(42(39,40)25-14-8-22(31)9-15-25)19-28(37)35(20(2)29(38)34-30(3,4)5)18-21-7-16-26(32)27(33)17-21/h7-17,20H,6,18-19H2,1-5H3,(H,34,38)/t20-/m1/s1. The maximum absolute atomic E-state index is 14.0. The highest BCUT2D eigenvalue weighted by Gasteiger charge is 2.33. The zero-order valence-corrected chi connectivity index (χ0v) is 27.9. The number of nitrogens with one attached hydrogen (secondary N) is 1. The van der Waals surface area contributed by atoms with E-state index in [-0.39, 0.29) is 23.0 Å². The second-order valence-corrected chi connectivity index (χ2v) is 14.2. The minimum atomic E-state index is -4.20. The summed E-state index contributed by atoms with van der Waals surface area (Å²) in [5.74, 6) is -0.422. The van der Waals surface area contributed by atoms with Crippen LogP contribution in [0.5, 0.6) is 5.75 Å². The summed E-state index contributed by atoms with van der Waals surface area (Å²) in [7, 11) is -4.20. The molecule has 0 unspecified atom stereocenters. The topological polar surface area (TPSA) is 96.0 Å². The number of rotatable bonds is 11.